The number of hydrogen-bond donors (Lipinski definition) is 3. The number of benzene rings is 2. The summed E-state index contributed by atoms with van der Waals surface area (Å²) in [5, 5.41) is 26.0. The van der Waals surface area contributed by atoms with Crippen molar-refractivity contribution in [3.05, 3.63) is 64.7 Å². The Morgan fingerprint density at radius 2 is 1.81 bits per heavy atom. The Morgan fingerprint density at radius 3 is 2.39 bits per heavy atom. The quantitative estimate of drug-likeness (QED) is 0.696. The molecule has 1 saturated heterocycles. The molecule has 2 unspecified atom stereocenters. The first-order chi connectivity index (χ1) is 14.5. The van der Waals surface area contributed by atoms with Crippen LogP contribution in [0.4, 0.5) is 5.69 Å². The van der Waals surface area contributed by atoms with Crippen LogP contribution in [0, 0.1) is 0 Å². The van der Waals surface area contributed by atoms with Crippen molar-refractivity contribution in [1.29, 1.82) is 0 Å². The second kappa shape index (κ2) is 7.19. The minimum absolute atomic E-state index is 0.0982. The summed E-state index contributed by atoms with van der Waals surface area (Å²) in [6, 6.07) is 12.2. The molecule has 2 aliphatic heterocycles. The average Bonchev–Trinajstić information content (AvgIpc) is 2.90. The number of nitrogens with one attached hydrogen (secondary N) is 1. The molecule has 2 aromatic carbocycles. The fourth-order valence-corrected chi connectivity index (χ4v) is 4.87. The number of amides is 1. The number of ether oxygens (including phenoxy) is 2. The van der Waals surface area contributed by atoms with Crippen LogP contribution in [0.25, 0.3) is 6.08 Å². The Morgan fingerprint density at radius 1 is 1.13 bits per heavy atom. The lowest BCUT2D eigenvalue weighted by molar-refractivity contribution is -0.142. The molecule has 4 rings (SSSR count). The number of rotatable bonds is 3. The number of phenols is 1. The molecule has 2 heterocycles. The zero-order chi connectivity index (χ0) is 22.6. The van der Waals surface area contributed by atoms with Gasteiger partial charge in [0.25, 0.3) is 5.91 Å². The third-order valence-electron chi connectivity index (χ3n) is 6.17. The average molecular weight is 424 g/mol. The minimum Gasteiger partial charge on any atom is -0.507 e. The number of hydrogen-bond acceptors (Lipinski definition) is 5. The van der Waals surface area contributed by atoms with Crippen LogP contribution in [0.15, 0.2) is 48.0 Å². The third kappa shape index (κ3) is 3.45. The van der Waals surface area contributed by atoms with E-state index in [1.54, 1.807) is 36.4 Å². The summed E-state index contributed by atoms with van der Waals surface area (Å²) in [6.45, 7) is 8.08. The summed E-state index contributed by atoms with van der Waals surface area (Å²) < 4.78 is 11.6. The van der Waals surface area contributed by atoms with Gasteiger partial charge in [0.05, 0.1) is 22.5 Å². The number of fused-ring (bicyclic) bond motifs is 1. The van der Waals surface area contributed by atoms with Crippen LogP contribution in [0.2, 0.25) is 0 Å². The molecule has 0 bridgehead atoms. The molecule has 0 spiro atoms. The molecular weight excluding hydrogens is 394 g/mol. The largest absolute Gasteiger partial charge is 0.507 e. The van der Waals surface area contributed by atoms with Gasteiger partial charge in [-0.3, -0.25) is 4.79 Å². The minimum atomic E-state index is -1.85. The van der Waals surface area contributed by atoms with E-state index >= 15 is 0 Å². The van der Waals surface area contributed by atoms with Gasteiger partial charge in [0, 0.05) is 12.7 Å². The zero-order valence-electron chi connectivity index (χ0n) is 18.5. The Kier molecular flexibility index (Phi) is 5.00. The maximum Gasteiger partial charge on any atom is 0.257 e. The lowest BCUT2D eigenvalue weighted by Crippen LogP contribution is -2.52. The van der Waals surface area contributed by atoms with E-state index < -0.39 is 23.2 Å². The summed E-state index contributed by atoms with van der Waals surface area (Å²) in [7, 11) is 1.37. The number of carbonyl (C=O) groups is 1. The van der Waals surface area contributed by atoms with Crippen molar-refractivity contribution in [2.24, 2.45) is 0 Å². The molecule has 1 amide bonds. The zero-order valence-corrected chi connectivity index (χ0v) is 18.5. The van der Waals surface area contributed by atoms with Gasteiger partial charge in [-0.05, 0) is 63.5 Å². The van der Waals surface area contributed by atoms with Gasteiger partial charge in [-0.1, -0.05) is 30.3 Å². The number of phenolic OH excluding ortho intramolecular Hbond substituents is 1. The van der Waals surface area contributed by atoms with E-state index in [0.29, 0.717) is 16.8 Å². The highest BCUT2D eigenvalue weighted by Gasteiger charge is 2.51. The van der Waals surface area contributed by atoms with Crippen LogP contribution in [-0.2, 0) is 19.9 Å². The predicted octanol–water partition coefficient (Wildman–Crippen LogP) is 3.96. The molecule has 0 radical (unpaired) electrons. The van der Waals surface area contributed by atoms with Gasteiger partial charge in [0.1, 0.15) is 5.75 Å². The number of anilines is 1. The lowest BCUT2D eigenvalue weighted by Gasteiger charge is -2.40. The topological polar surface area (TPSA) is 88.0 Å². The summed E-state index contributed by atoms with van der Waals surface area (Å²) in [5.41, 5.74) is -0.0228. The standard InChI is InChI=1S/C25H29NO5/c1-23(2)14-17(24(3,4)31-23)13-15-11-12-18-19(20(15)27)25(29,16-9-7-6-8-10-16)21(30-5)22(28)26-18/h6-13,21,27,29H,14H2,1-5H3,(H,26,28)/b17-13-. The smallest absolute Gasteiger partial charge is 0.257 e. The van der Waals surface area contributed by atoms with Crippen LogP contribution in [0.5, 0.6) is 5.75 Å². The van der Waals surface area contributed by atoms with E-state index in [1.807, 2.05) is 39.8 Å². The first kappa shape index (κ1) is 21.6. The molecule has 0 aromatic heterocycles. The molecule has 2 aromatic rings. The highest BCUT2D eigenvalue weighted by molar-refractivity contribution is 6.00. The molecule has 0 saturated carbocycles. The van der Waals surface area contributed by atoms with Crippen molar-refractivity contribution in [3.8, 4) is 5.75 Å². The second-order valence-corrected chi connectivity index (χ2v) is 9.38. The fraction of sp³-hybridized carbons (Fsp3) is 0.400. The van der Waals surface area contributed by atoms with E-state index in [1.165, 1.54) is 7.11 Å². The highest BCUT2D eigenvalue weighted by Crippen LogP contribution is 2.49. The SMILES string of the molecule is COC1C(=O)Nc2ccc(/C=C3/CC(C)(C)OC3(C)C)c(O)c2C1(O)c1ccccc1. The number of carbonyl (C=O) groups excluding carboxylic acids is 1. The maximum absolute atomic E-state index is 12.7. The van der Waals surface area contributed by atoms with E-state index in [0.717, 1.165) is 12.0 Å². The van der Waals surface area contributed by atoms with E-state index in [2.05, 4.69) is 5.32 Å². The molecule has 6 heteroatoms. The summed E-state index contributed by atoms with van der Waals surface area (Å²) in [6.07, 6.45) is 1.41. The van der Waals surface area contributed by atoms with Crippen molar-refractivity contribution >= 4 is 17.7 Å². The van der Waals surface area contributed by atoms with Crippen molar-refractivity contribution in [1.82, 2.24) is 0 Å². The maximum atomic E-state index is 12.7. The fourth-order valence-electron chi connectivity index (χ4n) is 4.87. The van der Waals surface area contributed by atoms with Gasteiger partial charge in [-0.25, -0.2) is 0 Å². The van der Waals surface area contributed by atoms with Gasteiger partial charge < -0.3 is 25.0 Å². The van der Waals surface area contributed by atoms with Crippen molar-refractivity contribution in [3.63, 3.8) is 0 Å². The number of aromatic hydroxyl groups is 1. The molecule has 164 valence electrons. The van der Waals surface area contributed by atoms with Gasteiger partial charge in [0.2, 0.25) is 0 Å². The van der Waals surface area contributed by atoms with Gasteiger partial charge >= 0.3 is 0 Å². The molecule has 2 aliphatic rings. The highest BCUT2D eigenvalue weighted by atomic mass is 16.5. The first-order valence-corrected chi connectivity index (χ1v) is 10.4. The molecule has 1 fully saturated rings. The Bertz CT molecular complexity index is 1060. The monoisotopic (exact) mass is 423 g/mol. The van der Waals surface area contributed by atoms with Gasteiger partial charge in [-0.15, -0.1) is 0 Å². The molecule has 3 N–H and O–H groups in total. The van der Waals surface area contributed by atoms with Gasteiger partial charge in [0.15, 0.2) is 11.7 Å². The molecule has 0 aliphatic carbocycles. The summed E-state index contributed by atoms with van der Waals surface area (Å²) in [5.74, 6) is -0.571. The van der Waals surface area contributed by atoms with E-state index in [-0.39, 0.29) is 16.9 Å². The van der Waals surface area contributed by atoms with Gasteiger partial charge in [-0.2, -0.15) is 0 Å². The third-order valence-corrected chi connectivity index (χ3v) is 6.17. The number of aliphatic hydroxyl groups is 1. The van der Waals surface area contributed by atoms with Crippen LogP contribution < -0.4 is 5.32 Å². The lowest BCUT2D eigenvalue weighted by atomic mass is 9.76. The van der Waals surface area contributed by atoms with Crippen molar-refractivity contribution in [2.75, 3.05) is 12.4 Å². The van der Waals surface area contributed by atoms with E-state index in [4.69, 9.17) is 9.47 Å². The van der Waals surface area contributed by atoms with Crippen molar-refractivity contribution < 1.29 is 24.5 Å². The van der Waals surface area contributed by atoms with Crippen molar-refractivity contribution in [2.45, 2.75) is 57.0 Å². The van der Waals surface area contributed by atoms with Crippen LogP contribution in [-0.4, -0.2) is 40.5 Å². The molecular formula is C25H29NO5. The Hall–Kier alpha value is -2.67. The number of methoxy groups -OCH3 is 1. The normalized spacial score (nSPS) is 27.7. The second-order valence-electron chi connectivity index (χ2n) is 9.38. The summed E-state index contributed by atoms with van der Waals surface area (Å²) in [4.78, 5) is 12.7. The molecule has 2 atom stereocenters. The molecule has 6 nitrogen and oxygen atoms in total. The predicted molar refractivity (Wildman–Crippen MR) is 119 cm³/mol. The first-order valence-electron chi connectivity index (χ1n) is 10.4. The van der Waals surface area contributed by atoms with E-state index in [9.17, 15) is 15.0 Å². The van der Waals surface area contributed by atoms with Crippen LogP contribution >= 0.6 is 0 Å². The van der Waals surface area contributed by atoms with Crippen LogP contribution in [0.1, 0.15) is 50.8 Å². The molecule has 31 heavy (non-hydrogen) atoms. The Labute approximate surface area is 182 Å². The summed E-state index contributed by atoms with van der Waals surface area (Å²) >= 11 is 0. The Balaban J connectivity index is 1.92. The van der Waals surface area contributed by atoms with Crippen LogP contribution in [0.3, 0.4) is 0 Å².